The Hall–Kier alpha value is -1.58. The van der Waals surface area contributed by atoms with Crippen LogP contribution < -0.4 is 0 Å². The molecule has 1 aliphatic heterocycles. The fourth-order valence-corrected chi connectivity index (χ4v) is 3.41. The molecule has 2 aromatic rings. The standard InChI is InChI=1S/C14H16N2O.C2H4/c1-16-8-17-7-11-10-3-2-4-12-14(10)9(6-15-12)5-13(11)16;1-2/h2-4,6,11,13,15H,5,7-8H2,1H3;1-2H2. The summed E-state index contributed by atoms with van der Waals surface area (Å²) < 4.78 is 5.69. The lowest BCUT2D eigenvalue weighted by atomic mass is 9.79. The first kappa shape index (κ1) is 12.5. The molecule has 2 aliphatic rings. The molecule has 1 fully saturated rings. The Kier molecular flexibility index (Phi) is 3.17. The monoisotopic (exact) mass is 256 g/mol. The van der Waals surface area contributed by atoms with E-state index in [0.29, 0.717) is 12.0 Å². The van der Waals surface area contributed by atoms with Crippen molar-refractivity contribution in [2.45, 2.75) is 18.4 Å². The van der Waals surface area contributed by atoms with Gasteiger partial charge in [-0.05, 0) is 30.7 Å². The van der Waals surface area contributed by atoms with Crippen molar-refractivity contribution in [1.82, 2.24) is 9.88 Å². The third-order valence-corrected chi connectivity index (χ3v) is 4.27. The molecule has 1 aliphatic carbocycles. The first-order chi connectivity index (χ1) is 9.34. The Labute approximate surface area is 113 Å². The van der Waals surface area contributed by atoms with Crippen molar-refractivity contribution in [3.8, 4) is 0 Å². The largest absolute Gasteiger partial charge is 0.365 e. The van der Waals surface area contributed by atoms with E-state index in [9.17, 15) is 0 Å². The summed E-state index contributed by atoms with van der Waals surface area (Å²) in [5, 5.41) is 1.44. The van der Waals surface area contributed by atoms with Crippen LogP contribution in [0, 0.1) is 0 Å². The van der Waals surface area contributed by atoms with Gasteiger partial charge in [-0.2, -0.15) is 0 Å². The maximum absolute atomic E-state index is 5.69. The number of rotatable bonds is 0. The number of benzene rings is 1. The van der Waals surface area contributed by atoms with Crippen LogP contribution in [0.3, 0.4) is 0 Å². The molecule has 1 aromatic heterocycles. The number of aromatic nitrogens is 1. The Bertz CT molecular complexity index is 589. The van der Waals surface area contributed by atoms with E-state index >= 15 is 0 Å². The van der Waals surface area contributed by atoms with Crippen molar-refractivity contribution in [2.24, 2.45) is 0 Å². The number of fused-ring (bicyclic) bond motifs is 2. The van der Waals surface area contributed by atoms with Crippen LogP contribution in [0.25, 0.3) is 10.9 Å². The second kappa shape index (κ2) is 4.83. The van der Waals surface area contributed by atoms with E-state index in [2.05, 4.69) is 54.5 Å². The van der Waals surface area contributed by atoms with Crippen LogP contribution in [-0.2, 0) is 11.2 Å². The number of nitrogens with zero attached hydrogens (tertiary/aromatic N) is 1. The van der Waals surface area contributed by atoms with E-state index in [1.54, 1.807) is 0 Å². The van der Waals surface area contributed by atoms with Gasteiger partial charge in [0.25, 0.3) is 0 Å². The minimum absolute atomic E-state index is 0.528. The predicted molar refractivity (Wildman–Crippen MR) is 78.4 cm³/mol. The molecule has 0 bridgehead atoms. The molecule has 3 heteroatoms. The summed E-state index contributed by atoms with van der Waals surface area (Å²) in [6.45, 7) is 7.62. The molecule has 2 unspecified atom stereocenters. The maximum Gasteiger partial charge on any atom is 0.0990 e. The van der Waals surface area contributed by atoms with E-state index in [1.807, 2.05) is 0 Å². The normalized spacial score (nSPS) is 25.5. The molecular weight excluding hydrogens is 236 g/mol. The lowest BCUT2D eigenvalue weighted by Gasteiger charge is -2.41. The summed E-state index contributed by atoms with van der Waals surface area (Å²) in [5.74, 6) is 0.528. The van der Waals surface area contributed by atoms with Crippen LogP contribution >= 0.6 is 0 Å². The van der Waals surface area contributed by atoms with Gasteiger partial charge in [-0.15, -0.1) is 13.2 Å². The van der Waals surface area contributed by atoms with Crippen molar-refractivity contribution in [3.05, 3.63) is 48.7 Å². The number of hydrogen-bond acceptors (Lipinski definition) is 2. The van der Waals surface area contributed by atoms with Gasteiger partial charge < -0.3 is 9.72 Å². The minimum Gasteiger partial charge on any atom is -0.365 e. The summed E-state index contributed by atoms with van der Waals surface area (Å²) in [6, 6.07) is 7.17. The van der Waals surface area contributed by atoms with E-state index < -0.39 is 0 Å². The fraction of sp³-hybridized carbons (Fsp3) is 0.375. The molecule has 1 aromatic carbocycles. The van der Waals surface area contributed by atoms with Crippen LogP contribution in [0.5, 0.6) is 0 Å². The lowest BCUT2D eigenvalue weighted by Crippen LogP contribution is -2.47. The molecule has 1 N–H and O–H groups in total. The highest BCUT2D eigenvalue weighted by atomic mass is 16.5. The molecule has 0 spiro atoms. The molecular formula is C16H20N2O. The van der Waals surface area contributed by atoms with E-state index in [4.69, 9.17) is 4.74 Å². The highest BCUT2D eigenvalue weighted by molar-refractivity contribution is 5.88. The summed E-state index contributed by atoms with van der Waals surface area (Å²) in [7, 11) is 2.16. The molecule has 0 amide bonds. The van der Waals surface area contributed by atoms with Crippen molar-refractivity contribution in [2.75, 3.05) is 20.4 Å². The summed E-state index contributed by atoms with van der Waals surface area (Å²) in [6.07, 6.45) is 3.31. The molecule has 1 saturated heterocycles. The van der Waals surface area contributed by atoms with Gasteiger partial charge in [0.1, 0.15) is 0 Å². The third-order valence-electron chi connectivity index (χ3n) is 4.27. The highest BCUT2D eigenvalue weighted by Gasteiger charge is 2.36. The molecule has 100 valence electrons. The zero-order chi connectivity index (χ0) is 13.4. The fourth-order valence-electron chi connectivity index (χ4n) is 3.41. The van der Waals surface area contributed by atoms with Crippen LogP contribution in [0.4, 0.5) is 0 Å². The van der Waals surface area contributed by atoms with Gasteiger partial charge in [-0.25, -0.2) is 0 Å². The van der Waals surface area contributed by atoms with Gasteiger partial charge >= 0.3 is 0 Å². The SMILES string of the molecule is C=C.CN1COCC2c3cccc4[nH]cc(c34)CC21. The summed E-state index contributed by atoms with van der Waals surface area (Å²) in [5.41, 5.74) is 4.19. The molecule has 2 heterocycles. The average molecular weight is 256 g/mol. The molecule has 4 rings (SSSR count). The van der Waals surface area contributed by atoms with Gasteiger partial charge in [0.05, 0.1) is 13.3 Å². The van der Waals surface area contributed by atoms with Crippen LogP contribution in [0.1, 0.15) is 17.0 Å². The molecule has 0 saturated carbocycles. The smallest absolute Gasteiger partial charge is 0.0990 e. The van der Waals surface area contributed by atoms with Crippen molar-refractivity contribution < 1.29 is 4.74 Å². The number of ether oxygens (including phenoxy) is 1. The van der Waals surface area contributed by atoms with Gasteiger partial charge in [-0.1, -0.05) is 12.1 Å². The third kappa shape index (κ3) is 1.81. The zero-order valence-electron chi connectivity index (χ0n) is 11.4. The second-order valence-corrected chi connectivity index (χ2v) is 5.22. The van der Waals surface area contributed by atoms with Crippen molar-refractivity contribution in [3.63, 3.8) is 0 Å². The number of hydrogen-bond donors (Lipinski definition) is 1. The van der Waals surface area contributed by atoms with Crippen molar-refractivity contribution in [1.29, 1.82) is 0 Å². The van der Waals surface area contributed by atoms with Gasteiger partial charge in [-0.3, -0.25) is 4.90 Å². The maximum atomic E-state index is 5.69. The van der Waals surface area contributed by atoms with Crippen LogP contribution in [-0.4, -0.2) is 36.3 Å². The van der Waals surface area contributed by atoms with Gasteiger partial charge in [0.2, 0.25) is 0 Å². The van der Waals surface area contributed by atoms with E-state index in [1.165, 1.54) is 22.0 Å². The van der Waals surface area contributed by atoms with Crippen LogP contribution in [0.15, 0.2) is 37.6 Å². The topological polar surface area (TPSA) is 28.3 Å². The second-order valence-electron chi connectivity index (χ2n) is 5.22. The molecule has 3 nitrogen and oxygen atoms in total. The Balaban J connectivity index is 0.000000528. The molecule has 0 radical (unpaired) electrons. The zero-order valence-corrected chi connectivity index (χ0v) is 11.4. The minimum atomic E-state index is 0.528. The van der Waals surface area contributed by atoms with Crippen molar-refractivity contribution >= 4 is 10.9 Å². The first-order valence-electron chi connectivity index (χ1n) is 6.71. The predicted octanol–water partition coefficient (Wildman–Crippen LogP) is 2.90. The summed E-state index contributed by atoms with van der Waals surface area (Å²) >= 11 is 0. The highest BCUT2D eigenvalue weighted by Crippen LogP contribution is 2.40. The lowest BCUT2D eigenvalue weighted by molar-refractivity contribution is -0.0480. The number of nitrogens with one attached hydrogen (secondary N) is 1. The van der Waals surface area contributed by atoms with Gasteiger partial charge in [0, 0.05) is 29.1 Å². The summed E-state index contributed by atoms with van der Waals surface area (Å²) in [4.78, 5) is 5.72. The number of aromatic amines is 1. The molecule has 19 heavy (non-hydrogen) atoms. The van der Waals surface area contributed by atoms with Crippen LogP contribution in [0.2, 0.25) is 0 Å². The Morgan fingerprint density at radius 3 is 3.05 bits per heavy atom. The average Bonchev–Trinajstić information content (AvgIpc) is 2.88. The van der Waals surface area contributed by atoms with E-state index in [0.717, 1.165) is 19.8 Å². The number of H-pyrrole nitrogens is 1. The Morgan fingerprint density at radius 1 is 1.37 bits per heavy atom. The number of likely N-dealkylation sites (N-methyl/N-ethyl adjacent to an activating group) is 1. The Morgan fingerprint density at radius 2 is 2.21 bits per heavy atom. The first-order valence-corrected chi connectivity index (χ1v) is 6.71. The quantitative estimate of drug-likeness (QED) is 0.734. The van der Waals surface area contributed by atoms with E-state index in [-0.39, 0.29) is 0 Å². The van der Waals surface area contributed by atoms with Gasteiger partial charge in [0.15, 0.2) is 0 Å². The molecule has 2 atom stereocenters.